The zero-order valence-corrected chi connectivity index (χ0v) is 10.9. The Labute approximate surface area is 104 Å². The molecule has 0 aliphatic carbocycles. The summed E-state index contributed by atoms with van der Waals surface area (Å²) in [6, 6.07) is 0.548. The number of nitrogens with zero attached hydrogens (tertiary/aromatic N) is 1. The van der Waals surface area contributed by atoms with E-state index < -0.39 is 0 Å². The van der Waals surface area contributed by atoms with Crippen molar-refractivity contribution in [3.63, 3.8) is 0 Å². The summed E-state index contributed by atoms with van der Waals surface area (Å²) in [6.07, 6.45) is 2.46. The highest BCUT2D eigenvalue weighted by atomic mass is 16.5. The smallest absolute Gasteiger partial charge is 0.221 e. The van der Waals surface area contributed by atoms with Gasteiger partial charge in [0.25, 0.3) is 0 Å². The van der Waals surface area contributed by atoms with E-state index in [9.17, 15) is 4.79 Å². The van der Waals surface area contributed by atoms with Gasteiger partial charge in [0.1, 0.15) is 0 Å². The van der Waals surface area contributed by atoms with Gasteiger partial charge in [0, 0.05) is 38.7 Å². The zero-order valence-electron chi connectivity index (χ0n) is 10.9. The van der Waals surface area contributed by atoms with Crippen LogP contribution in [0.4, 0.5) is 0 Å². The maximum Gasteiger partial charge on any atom is 0.221 e. The van der Waals surface area contributed by atoms with Crippen LogP contribution in [0.15, 0.2) is 0 Å². The highest BCUT2D eigenvalue weighted by Gasteiger charge is 2.20. The van der Waals surface area contributed by atoms with E-state index in [1.807, 2.05) is 6.92 Å². The molecule has 0 saturated carbocycles. The van der Waals surface area contributed by atoms with Crippen molar-refractivity contribution in [2.75, 3.05) is 39.9 Å². The first-order valence-electron chi connectivity index (χ1n) is 6.37. The lowest BCUT2D eigenvalue weighted by Crippen LogP contribution is -2.43. The van der Waals surface area contributed by atoms with E-state index in [2.05, 4.69) is 10.2 Å². The third kappa shape index (κ3) is 5.48. The van der Waals surface area contributed by atoms with Crippen LogP contribution in [0.5, 0.6) is 0 Å². The number of carbonyl (C=O) groups is 1. The van der Waals surface area contributed by atoms with Gasteiger partial charge >= 0.3 is 0 Å². The molecular formula is C12H25N3O2. The number of hydrogen-bond donors (Lipinski definition) is 2. The molecule has 1 aliphatic rings. The molecule has 3 N–H and O–H groups in total. The van der Waals surface area contributed by atoms with Crippen LogP contribution >= 0.6 is 0 Å². The van der Waals surface area contributed by atoms with Crippen molar-refractivity contribution >= 4 is 5.91 Å². The van der Waals surface area contributed by atoms with Crippen molar-refractivity contribution < 1.29 is 9.53 Å². The van der Waals surface area contributed by atoms with Gasteiger partial charge in [-0.2, -0.15) is 0 Å². The Morgan fingerprint density at radius 1 is 1.65 bits per heavy atom. The lowest BCUT2D eigenvalue weighted by atomic mass is 10.1. The molecule has 5 nitrogen and oxygen atoms in total. The van der Waals surface area contributed by atoms with Crippen LogP contribution in [-0.4, -0.2) is 56.7 Å². The molecule has 0 aromatic rings. The Hall–Kier alpha value is -0.650. The fourth-order valence-corrected chi connectivity index (χ4v) is 2.18. The van der Waals surface area contributed by atoms with E-state index in [0.717, 1.165) is 26.2 Å². The number of methoxy groups -OCH3 is 1. The summed E-state index contributed by atoms with van der Waals surface area (Å²) in [5, 5.41) is 3.47. The largest absolute Gasteiger partial charge is 0.383 e. The van der Waals surface area contributed by atoms with Gasteiger partial charge in [-0.3, -0.25) is 9.69 Å². The van der Waals surface area contributed by atoms with Gasteiger partial charge in [0.2, 0.25) is 5.91 Å². The van der Waals surface area contributed by atoms with Crippen molar-refractivity contribution in [2.45, 2.75) is 25.8 Å². The van der Waals surface area contributed by atoms with E-state index in [-0.39, 0.29) is 11.8 Å². The molecule has 0 radical (unpaired) electrons. The van der Waals surface area contributed by atoms with Crippen molar-refractivity contribution in [1.29, 1.82) is 0 Å². The van der Waals surface area contributed by atoms with Gasteiger partial charge in [0.05, 0.1) is 6.61 Å². The van der Waals surface area contributed by atoms with Crippen LogP contribution in [0, 0.1) is 5.92 Å². The summed E-state index contributed by atoms with van der Waals surface area (Å²) in [5.41, 5.74) is 5.31. The number of primary amides is 1. The predicted octanol–water partition coefficient (Wildman–Crippen LogP) is -0.192. The summed E-state index contributed by atoms with van der Waals surface area (Å²) in [6.45, 7) is 6.22. The summed E-state index contributed by atoms with van der Waals surface area (Å²) in [7, 11) is 1.70. The summed E-state index contributed by atoms with van der Waals surface area (Å²) in [4.78, 5) is 13.4. The van der Waals surface area contributed by atoms with E-state index in [0.29, 0.717) is 12.6 Å². The minimum atomic E-state index is -0.230. The zero-order chi connectivity index (χ0) is 12.7. The Kier molecular flexibility index (Phi) is 6.47. The highest BCUT2D eigenvalue weighted by Crippen LogP contribution is 2.08. The molecule has 1 aliphatic heterocycles. The first kappa shape index (κ1) is 14.4. The van der Waals surface area contributed by atoms with Gasteiger partial charge < -0.3 is 15.8 Å². The molecule has 0 bridgehead atoms. The number of hydrogen-bond acceptors (Lipinski definition) is 4. The van der Waals surface area contributed by atoms with E-state index in [4.69, 9.17) is 10.5 Å². The lowest BCUT2D eigenvalue weighted by Gasteiger charge is -2.27. The van der Waals surface area contributed by atoms with E-state index >= 15 is 0 Å². The van der Waals surface area contributed by atoms with Crippen LogP contribution in [0.25, 0.3) is 0 Å². The quantitative estimate of drug-likeness (QED) is 0.620. The van der Waals surface area contributed by atoms with Crippen LogP contribution in [0.2, 0.25) is 0 Å². The minimum absolute atomic E-state index is 0.103. The Bertz CT molecular complexity index is 230. The normalized spacial score (nSPS) is 21.9. The molecule has 1 rings (SSSR count). The topological polar surface area (TPSA) is 67.6 Å². The second-order valence-corrected chi connectivity index (χ2v) is 4.85. The van der Waals surface area contributed by atoms with Gasteiger partial charge in [-0.15, -0.1) is 0 Å². The number of nitrogens with two attached hydrogens (primary N) is 1. The van der Waals surface area contributed by atoms with Crippen molar-refractivity contribution in [3.8, 4) is 0 Å². The number of amides is 1. The Morgan fingerprint density at radius 2 is 2.41 bits per heavy atom. The van der Waals surface area contributed by atoms with E-state index in [1.165, 1.54) is 12.8 Å². The molecule has 1 amide bonds. The average molecular weight is 243 g/mol. The van der Waals surface area contributed by atoms with Crippen LogP contribution in [0.3, 0.4) is 0 Å². The maximum absolute atomic E-state index is 11.1. The molecule has 1 heterocycles. The molecule has 0 aromatic carbocycles. The lowest BCUT2D eigenvalue weighted by molar-refractivity contribution is -0.121. The molecule has 1 saturated heterocycles. The molecule has 17 heavy (non-hydrogen) atoms. The average Bonchev–Trinajstić information content (AvgIpc) is 2.78. The minimum Gasteiger partial charge on any atom is -0.383 e. The maximum atomic E-state index is 11.1. The molecule has 100 valence electrons. The summed E-state index contributed by atoms with van der Waals surface area (Å²) >= 11 is 0. The number of ether oxygens (including phenoxy) is 1. The van der Waals surface area contributed by atoms with Gasteiger partial charge in [0.15, 0.2) is 0 Å². The molecule has 1 fully saturated rings. The SMILES string of the molecule is COCCN(CC1CCCN1)CC(C)C(N)=O. The van der Waals surface area contributed by atoms with Crippen LogP contribution in [0.1, 0.15) is 19.8 Å². The fraction of sp³-hybridized carbons (Fsp3) is 0.917. The fourth-order valence-electron chi connectivity index (χ4n) is 2.18. The summed E-state index contributed by atoms with van der Waals surface area (Å²) in [5.74, 6) is -0.333. The number of carbonyl (C=O) groups excluding carboxylic acids is 1. The van der Waals surface area contributed by atoms with E-state index in [1.54, 1.807) is 7.11 Å². The predicted molar refractivity (Wildman–Crippen MR) is 67.7 cm³/mol. The van der Waals surface area contributed by atoms with Gasteiger partial charge in [-0.05, 0) is 19.4 Å². The van der Waals surface area contributed by atoms with Crippen molar-refractivity contribution in [3.05, 3.63) is 0 Å². The van der Waals surface area contributed by atoms with Crippen LogP contribution in [-0.2, 0) is 9.53 Å². The Balaban J connectivity index is 2.38. The molecule has 5 heteroatoms. The van der Waals surface area contributed by atoms with Crippen molar-refractivity contribution in [1.82, 2.24) is 10.2 Å². The first-order chi connectivity index (χ1) is 8.13. The molecule has 0 aromatic heterocycles. The van der Waals surface area contributed by atoms with Crippen LogP contribution < -0.4 is 11.1 Å². The number of nitrogens with one attached hydrogen (secondary N) is 1. The number of rotatable bonds is 8. The third-order valence-electron chi connectivity index (χ3n) is 3.27. The van der Waals surface area contributed by atoms with Gasteiger partial charge in [-0.1, -0.05) is 6.92 Å². The van der Waals surface area contributed by atoms with Gasteiger partial charge in [-0.25, -0.2) is 0 Å². The monoisotopic (exact) mass is 243 g/mol. The molecule has 2 unspecified atom stereocenters. The molecule has 2 atom stereocenters. The third-order valence-corrected chi connectivity index (χ3v) is 3.27. The first-order valence-corrected chi connectivity index (χ1v) is 6.37. The molecular weight excluding hydrogens is 218 g/mol. The molecule has 0 spiro atoms. The second kappa shape index (κ2) is 7.63. The highest BCUT2D eigenvalue weighted by molar-refractivity contribution is 5.76. The van der Waals surface area contributed by atoms with Crippen molar-refractivity contribution in [2.24, 2.45) is 11.7 Å². The standard InChI is InChI=1S/C12H25N3O2/c1-10(12(13)16)8-15(6-7-17-2)9-11-4-3-5-14-11/h10-11,14H,3-9H2,1-2H3,(H2,13,16). The second-order valence-electron chi connectivity index (χ2n) is 4.85. The Morgan fingerprint density at radius 3 is 2.94 bits per heavy atom. The summed E-state index contributed by atoms with van der Waals surface area (Å²) < 4.78 is 5.10.